The van der Waals surface area contributed by atoms with E-state index in [9.17, 15) is 9.59 Å². The summed E-state index contributed by atoms with van der Waals surface area (Å²) in [6, 6.07) is 0.304. The predicted octanol–water partition coefficient (Wildman–Crippen LogP) is 2.74. The van der Waals surface area contributed by atoms with Gasteiger partial charge >= 0.3 is 5.97 Å². The Kier molecular flexibility index (Phi) is 7.34. The minimum atomic E-state index is -0.766. The summed E-state index contributed by atoms with van der Waals surface area (Å²) in [4.78, 5) is 27.2. The summed E-state index contributed by atoms with van der Waals surface area (Å²) in [5, 5.41) is 8.97. The van der Waals surface area contributed by atoms with E-state index in [0.29, 0.717) is 18.4 Å². The molecule has 1 heterocycles. The number of piperidine rings is 1. The van der Waals surface area contributed by atoms with E-state index in [1.54, 1.807) is 0 Å². The summed E-state index contributed by atoms with van der Waals surface area (Å²) < 4.78 is 0. The third-order valence-corrected chi connectivity index (χ3v) is 5.56. The number of carboxylic acids is 1. The first-order valence-electron chi connectivity index (χ1n) is 9.33. The molecule has 132 valence electrons. The van der Waals surface area contributed by atoms with Crippen LogP contribution in [0.1, 0.15) is 64.7 Å². The Morgan fingerprint density at radius 1 is 1.13 bits per heavy atom. The maximum absolute atomic E-state index is 12.3. The Labute approximate surface area is 140 Å². The standard InChI is InChI=1S/C18H32N2O3/c1-2-19(14-18(22)23)16-10-12-20(13-11-16)17(21)9-5-8-15-6-3-4-7-15/h15-16H,2-14H2,1H3,(H,22,23). The van der Waals surface area contributed by atoms with Crippen molar-refractivity contribution in [3.63, 3.8) is 0 Å². The summed E-state index contributed by atoms with van der Waals surface area (Å²) in [6.45, 7) is 4.43. The van der Waals surface area contributed by atoms with Crippen LogP contribution in [0.15, 0.2) is 0 Å². The summed E-state index contributed by atoms with van der Waals surface area (Å²) in [7, 11) is 0. The Morgan fingerprint density at radius 3 is 2.35 bits per heavy atom. The van der Waals surface area contributed by atoms with Gasteiger partial charge in [0.25, 0.3) is 0 Å². The highest BCUT2D eigenvalue weighted by Gasteiger charge is 2.27. The van der Waals surface area contributed by atoms with E-state index in [1.165, 1.54) is 32.1 Å². The topological polar surface area (TPSA) is 60.9 Å². The fraction of sp³-hybridized carbons (Fsp3) is 0.889. The number of carbonyl (C=O) groups excluding carboxylic acids is 1. The van der Waals surface area contributed by atoms with Gasteiger partial charge in [0.2, 0.25) is 5.91 Å². The molecule has 5 heteroatoms. The minimum absolute atomic E-state index is 0.108. The molecule has 1 N–H and O–H groups in total. The zero-order valence-electron chi connectivity index (χ0n) is 14.5. The van der Waals surface area contributed by atoms with Crippen molar-refractivity contribution in [3.8, 4) is 0 Å². The SMILES string of the molecule is CCN(CC(=O)O)C1CCN(C(=O)CCCC2CCCC2)CC1. The molecule has 5 nitrogen and oxygen atoms in total. The number of hydrogen-bond acceptors (Lipinski definition) is 3. The molecule has 0 bridgehead atoms. The number of rotatable bonds is 8. The van der Waals surface area contributed by atoms with Gasteiger partial charge in [-0.25, -0.2) is 0 Å². The van der Waals surface area contributed by atoms with Crippen LogP contribution < -0.4 is 0 Å². The number of amides is 1. The smallest absolute Gasteiger partial charge is 0.317 e. The van der Waals surface area contributed by atoms with Crippen LogP contribution in [-0.2, 0) is 9.59 Å². The van der Waals surface area contributed by atoms with E-state index in [-0.39, 0.29) is 6.54 Å². The normalized spacial score (nSPS) is 20.3. The molecule has 1 saturated heterocycles. The van der Waals surface area contributed by atoms with Gasteiger partial charge < -0.3 is 10.0 Å². The zero-order chi connectivity index (χ0) is 16.7. The van der Waals surface area contributed by atoms with Crippen LogP contribution in [0.3, 0.4) is 0 Å². The van der Waals surface area contributed by atoms with Crippen LogP contribution in [0, 0.1) is 5.92 Å². The van der Waals surface area contributed by atoms with Crippen LogP contribution >= 0.6 is 0 Å². The average molecular weight is 324 g/mol. The van der Waals surface area contributed by atoms with E-state index < -0.39 is 5.97 Å². The van der Waals surface area contributed by atoms with Crippen molar-refractivity contribution in [3.05, 3.63) is 0 Å². The van der Waals surface area contributed by atoms with Crippen LogP contribution in [0.5, 0.6) is 0 Å². The lowest BCUT2D eigenvalue weighted by Gasteiger charge is -2.37. The van der Waals surface area contributed by atoms with Gasteiger partial charge in [-0.3, -0.25) is 14.5 Å². The Hall–Kier alpha value is -1.10. The third-order valence-electron chi connectivity index (χ3n) is 5.56. The zero-order valence-corrected chi connectivity index (χ0v) is 14.5. The fourth-order valence-corrected chi connectivity index (χ4v) is 4.15. The molecule has 1 amide bonds. The molecule has 1 aliphatic heterocycles. The molecule has 0 aromatic rings. The Morgan fingerprint density at radius 2 is 1.78 bits per heavy atom. The molecule has 2 rings (SSSR count). The number of likely N-dealkylation sites (N-methyl/N-ethyl adjacent to an activating group) is 1. The molecule has 0 spiro atoms. The van der Waals surface area contributed by atoms with Crippen molar-refractivity contribution in [2.45, 2.75) is 70.8 Å². The highest BCUT2D eigenvalue weighted by molar-refractivity contribution is 5.76. The van der Waals surface area contributed by atoms with Crippen molar-refractivity contribution >= 4 is 11.9 Å². The van der Waals surface area contributed by atoms with E-state index in [0.717, 1.165) is 44.8 Å². The molecule has 0 atom stereocenters. The average Bonchev–Trinajstić information content (AvgIpc) is 3.06. The van der Waals surface area contributed by atoms with Gasteiger partial charge in [-0.2, -0.15) is 0 Å². The fourth-order valence-electron chi connectivity index (χ4n) is 4.15. The second-order valence-corrected chi connectivity index (χ2v) is 7.11. The largest absolute Gasteiger partial charge is 0.480 e. The molecule has 2 aliphatic rings. The molecule has 0 aromatic carbocycles. The minimum Gasteiger partial charge on any atom is -0.480 e. The highest BCUT2D eigenvalue weighted by atomic mass is 16.4. The second-order valence-electron chi connectivity index (χ2n) is 7.11. The number of aliphatic carboxylic acids is 1. The van der Waals surface area contributed by atoms with Crippen molar-refractivity contribution in [2.75, 3.05) is 26.2 Å². The van der Waals surface area contributed by atoms with Gasteiger partial charge in [0.15, 0.2) is 0 Å². The van der Waals surface area contributed by atoms with Crippen LogP contribution in [-0.4, -0.2) is 59.0 Å². The first-order chi connectivity index (χ1) is 11.1. The van der Waals surface area contributed by atoms with Crippen LogP contribution in [0.2, 0.25) is 0 Å². The van der Waals surface area contributed by atoms with E-state index in [4.69, 9.17) is 5.11 Å². The second kappa shape index (κ2) is 9.26. The van der Waals surface area contributed by atoms with Crippen LogP contribution in [0.4, 0.5) is 0 Å². The van der Waals surface area contributed by atoms with Gasteiger partial charge in [0.05, 0.1) is 6.54 Å². The Bertz CT molecular complexity index is 386. The highest BCUT2D eigenvalue weighted by Crippen LogP contribution is 2.29. The molecule has 23 heavy (non-hydrogen) atoms. The molecule has 2 fully saturated rings. The quantitative estimate of drug-likeness (QED) is 0.746. The molecule has 1 saturated carbocycles. The number of likely N-dealkylation sites (tertiary alicyclic amines) is 1. The summed E-state index contributed by atoms with van der Waals surface area (Å²) in [6.07, 6.45) is 10.2. The molecular weight excluding hydrogens is 292 g/mol. The Balaban J connectivity index is 1.66. The first-order valence-corrected chi connectivity index (χ1v) is 9.33. The van der Waals surface area contributed by atoms with E-state index in [1.807, 2.05) is 16.7 Å². The van der Waals surface area contributed by atoms with Gasteiger partial charge in [0, 0.05) is 25.6 Å². The number of nitrogens with zero attached hydrogens (tertiary/aromatic N) is 2. The number of carboxylic acid groups (broad SMARTS) is 1. The van der Waals surface area contributed by atoms with Crippen molar-refractivity contribution in [1.29, 1.82) is 0 Å². The summed E-state index contributed by atoms with van der Waals surface area (Å²) in [5.41, 5.74) is 0. The number of carbonyl (C=O) groups is 2. The predicted molar refractivity (Wildman–Crippen MR) is 90.3 cm³/mol. The van der Waals surface area contributed by atoms with E-state index in [2.05, 4.69) is 0 Å². The van der Waals surface area contributed by atoms with Crippen molar-refractivity contribution in [2.24, 2.45) is 5.92 Å². The van der Waals surface area contributed by atoms with Crippen molar-refractivity contribution < 1.29 is 14.7 Å². The van der Waals surface area contributed by atoms with Gasteiger partial charge in [-0.05, 0) is 38.1 Å². The summed E-state index contributed by atoms with van der Waals surface area (Å²) >= 11 is 0. The monoisotopic (exact) mass is 324 g/mol. The van der Waals surface area contributed by atoms with Gasteiger partial charge in [-0.15, -0.1) is 0 Å². The third kappa shape index (κ3) is 5.79. The molecule has 0 unspecified atom stereocenters. The summed E-state index contributed by atoms with van der Waals surface area (Å²) in [5.74, 6) is 0.391. The lowest BCUT2D eigenvalue weighted by Crippen LogP contribution is -2.48. The van der Waals surface area contributed by atoms with Crippen LogP contribution in [0.25, 0.3) is 0 Å². The number of hydrogen-bond donors (Lipinski definition) is 1. The lowest BCUT2D eigenvalue weighted by molar-refractivity contribution is -0.140. The van der Waals surface area contributed by atoms with Crippen molar-refractivity contribution in [1.82, 2.24) is 9.80 Å². The van der Waals surface area contributed by atoms with Gasteiger partial charge in [0.1, 0.15) is 0 Å². The molecule has 1 aliphatic carbocycles. The molecule has 0 radical (unpaired) electrons. The maximum Gasteiger partial charge on any atom is 0.317 e. The maximum atomic E-state index is 12.3. The van der Waals surface area contributed by atoms with Gasteiger partial charge in [-0.1, -0.05) is 32.6 Å². The molecule has 0 aromatic heterocycles. The van der Waals surface area contributed by atoms with E-state index >= 15 is 0 Å². The first kappa shape index (κ1) is 18.2. The lowest BCUT2D eigenvalue weighted by atomic mass is 9.99. The molecular formula is C18H32N2O3.